The summed E-state index contributed by atoms with van der Waals surface area (Å²) < 4.78 is 6.66. The summed E-state index contributed by atoms with van der Waals surface area (Å²) >= 11 is 3.49. The van der Waals surface area contributed by atoms with E-state index in [0.717, 1.165) is 56.1 Å². The van der Waals surface area contributed by atoms with Gasteiger partial charge in [-0.3, -0.25) is 4.99 Å². The first-order valence-electron chi connectivity index (χ1n) is 8.96. The summed E-state index contributed by atoms with van der Waals surface area (Å²) in [5.74, 6) is 0.957. The molecule has 0 radical (unpaired) electrons. The lowest BCUT2D eigenvalue weighted by atomic mass is 9.89. The number of nitrogens with one attached hydrogen (secondary N) is 1. The summed E-state index contributed by atoms with van der Waals surface area (Å²) in [6, 6.07) is 8.44. The Bertz CT molecular complexity index is 553. The predicted molar refractivity (Wildman–Crippen MR) is 108 cm³/mol. The van der Waals surface area contributed by atoms with Crippen LogP contribution in [0.3, 0.4) is 0 Å². The highest BCUT2D eigenvalue weighted by Gasteiger charge is 2.34. The van der Waals surface area contributed by atoms with Gasteiger partial charge in [-0.05, 0) is 51.6 Å². The Kier molecular flexibility index (Phi) is 7.72. The van der Waals surface area contributed by atoms with Crippen LogP contribution in [0.5, 0.6) is 0 Å². The average molecular weight is 411 g/mol. The number of aliphatic imine (C=N–C) groups is 1. The van der Waals surface area contributed by atoms with Crippen LogP contribution in [0.1, 0.15) is 25.3 Å². The van der Waals surface area contributed by atoms with Crippen LogP contribution in [0.25, 0.3) is 0 Å². The minimum Gasteiger partial charge on any atom is -0.381 e. The molecule has 1 N–H and O–H groups in total. The number of benzene rings is 1. The van der Waals surface area contributed by atoms with Crippen molar-refractivity contribution in [2.24, 2.45) is 4.99 Å². The highest BCUT2D eigenvalue weighted by atomic mass is 79.9. The molecule has 0 amide bonds. The first kappa shape index (κ1) is 20.2. The van der Waals surface area contributed by atoms with E-state index in [9.17, 15) is 0 Å². The molecule has 5 nitrogen and oxygen atoms in total. The van der Waals surface area contributed by atoms with Gasteiger partial charge in [-0.1, -0.05) is 28.1 Å². The SMILES string of the molecule is CCNC(=NCC1(N(C)C)CCOCC1)N(C)Cc1ccc(Br)cc1. The fourth-order valence-electron chi connectivity index (χ4n) is 3.13. The predicted octanol–water partition coefficient (Wildman–Crippen LogP) is 2.96. The molecule has 0 atom stereocenters. The van der Waals surface area contributed by atoms with Crippen molar-refractivity contribution >= 4 is 21.9 Å². The van der Waals surface area contributed by atoms with Crippen molar-refractivity contribution in [3.8, 4) is 0 Å². The summed E-state index contributed by atoms with van der Waals surface area (Å²) in [4.78, 5) is 9.48. The molecule has 0 unspecified atom stereocenters. The van der Waals surface area contributed by atoms with Crippen molar-refractivity contribution in [2.45, 2.75) is 31.8 Å². The standard InChI is InChI=1S/C19H31BrN4O/c1-5-21-18(24(4)14-16-6-8-17(20)9-7-16)22-15-19(23(2)3)10-12-25-13-11-19/h6-9H,5,10-15H2,1-4H3,(H,21,22). The molecule has 1 aromatic carbocycles. The zero-order chi connectivity index (χ0) is 18.3. The average Bonchev–Trinajstić information content (AvgIpc) is 2.61. The Morgan fingerprint density at radius 1 is 1.20 bits per heavy atom. The summed E-state index contributed by atoms with van der Waals surface area (Å²) in [7, 11) is 6.40. The van der Waals surface area contributed by atoms with Crippen molar-refractivity contribution < 1.29 is 4.74 Å². The van der Waals surface area contributed by atoms with Crippen LogP contribution >= 0.6 is 15.9 Å². The third-order valence-electron chi connectivity index (χ3n) is 4.92. The Labute approximate surface area is 160 Å². The van der Waals surface area contributed by atoms with Crippen molar-refractivity contribution in [3.63, 3.8) is 0 Å². The van der Waals surface area contributed by atoms with E-state index in [0.29, 0.717) is 0 Å². The van der Waals surface area contributed by atoms with Gasteiger partial charge in [0, 0.05) is 43.4 Å². The molecule has 140 valence electrons. The molecule has 1 heterocycles. The number of nitrogens with zero attached hydrogens (tertiary/aromatic N) is 3. The van der Waals surface area contributed by atoms with E-state index in [1.165, 1.54) is 5.56 Å². The van der Waals surface area contributed by atoms with Gasteiger partial charge >= 0.3 is 0 Å². The third-order valence-corrected chi connectivity index (χ3v) is 5.45. The minimum atomic E-state index is 0.0946. The van der Waals surface area contributed by atoms with Crippen molar-refractivity contribution in [2.75, 3.05) is 47.4 Å². The Morgan fingerprint density at radius 2 is 1.84 bits per heavy atom. The van der Waals surface area contributed by atoms with Crippen LogP contribution in [0.15, 0.2) is 33.7 Å². The molecule has 0 aliphatic carbocycles. The zero-order valence-corrected chi connectivity index (χ0v) is 17.5. The third kappa shape index (κ3) is 5.69. The summed E-state index contributed by atoms with van der Waals surface area (Å²) in [6.45, 7) is 6.23. The molecule has 1 aromatic rings. The van der Waals surface area contributed by atoms with Crippen molar-refractivity contribution in [1.29, 1.82) is 0 Å². The number of rotatable bonds is 6. The van der Waals surface area contributed by atoms with E-state index in [1.54, 1.807) is 0 Å². The van der Waals surface area contributed by atoms with Gasteiger partial charge in [0.2, 0.25) is 0 Å². The maximum Gasteiger partial charge on any atom is 0.194 e. The largest absolute Gasteiger partial charge is 0.381 e. The second-order valence-corrected chi connectivity index (χ2v) is 7.80. The van der Waals surface area contributed by atoms with E-state index in [2.05, 4.69) is 83.4 Å². The number of guanidine groups is 1. The Morgan fingerprint density at radius 3 is 2.40 bits per heavy atom. The first-order chi connectivity index (χ1) is 12.0. The van der Waals surface area contributed by atoms with Crippen LogP contribution in [-0.4, -0.2) is 68.7 Å². The maximum atomic E-state index is 5.56. The Hall–Kier alpha value is -1.11. The summed E-state index contributed by atoms with van der Waals surface area (Å²) in [5, 5.41) is 3.43. The van der Waals surface area contributed by atoms with E-state index in [-0.39, 0.29) is 5.54 Å². The molecular formula is C19H31BrN4O. The topological polar surface area (TPSA) is 40.1 Å². The Balaban J connectivity index is 2.09. The molecule has 25 heavy (non-hydrogen) atoms. The zero-order valence-electron chi connectivity index (χ0n) is 15.9. The molecule has 0 aromatic heterocycles. The molecule has 1 fully saturated rings. The van der Waals surface area contributed by atoms with Crippen LogP contribution in [-0.2, 0) is 11.3 Å². The van der Waals surface area contributed by atoms with Crippen LogP contribution in [0.2, 0.25) is 0 Å². The number of likely N-dealkylation sites (N-methyl/N-ethyl adjacent to an activating group) is 1. The second kappa shape index (κ2) is 9.55. The number of halogens is 1. The maximum absolute atomic E-state index is 5.56. The highest BCUT2D eigenvalue weighted by Crippen LogP contribution is 2.26. The summed E-state index contributed by atoms with van der Waals surface area (Å²) in [5.41, 5.74) is 1.36. The normalized spacial score (nSPS) is 17.6. The molecule has 0 saturated carbocycles. The van der Waals surface area contributed by atoms with Gasteiger partial charge in [-0.15, -0.1) is 0 Å². The second-order valence-electron chi connectivity index (χ2n) is 6.88. The van der Waals surface area contributed by atoms with Crippen molar-refractivity contribution in [3.05, 3.63) is 34.3 Å². The molecule has 6 heteroatoms. The van der Waals surface area contributed by atoms with E-state index >= 15 is 0 Å². The molecule has 1 saturated heterocycles. The molecule has 0 spiro atoms. The smallest absolute Gasteiger partial charge is 0.194 e. The quantitative estimate of drug-likeness (QED) is 0.577. The minimum absolute atomic E-state index is 0.0946. The van der Waals surface area contributed by atoms with E-state index in [4.69, 9.17) is 9.73 Å². The lowest BCUT2D eigenvalue weighted by Gasteiger charge is -2.42. The molecule has 1 aliphatic heterocycles. The van der Waals surface area contributed by atoms with Gasteiger partial charge in [-0.25, -0.2) is 0 Å². The lowest BCUT2D eigenvalue weighted by molar-refractivity contribution is -0.00262. The van der Waals surface area contributed by atoms with Gasteiger partial charge < -0.3 is 19.9 Å². The highest BCUT2D eigenvalue weighted by molar-refractivity contribution is 9.10. The molecule has 1 aliphatic rings. The van der Waals surface area contributed by atoms with E-state index in [1.807, 2.05) is 0 Å². The van der Waals surface area contributed by atoms with Gasteiger partial charge in [0.05, 0.1) is 6.54 Å². The fourth-order valence-corrected chi connectivity index (χ4v) is 3.39. The first-order valence-corrected chi connectivity index (χ1v) is 9.75. The van der Waals surface area contributed by atoms with Gasteiger partial charge in [-0.2, -0.15) is 0 Å². The van der Waals surface area contributed by atoms with Gasteiger partial charge in [0.1, 0.15) is 0 Å². The van der Waals surface area contributed by atoms with Crippen molar-refractivity contribution in [1.82, 2.24) is 15.1 Å². The molecular weight excluding hydrogens is 380 g/mol. The monoisotopic (exact) mass is 410 g/mol. The van der Waals surface area contributed by atoms with Crippen LogP contribution in [0.4, 0.5) is 0 Å². The van der Waals surface area contributed by atoms with Crippen LogP contribution < -0.4 is 5.32 Å². The molecule has 2 rings (SSSR count). The molecule has 0 bridgehead atoms. The van der Waals surface area contributed by atoms with Gasteiger partial charge in [0.25, 0.3) is 0 Å². The summed E-state index contributed by atoms with van der Waals surface area (Å²) in [6.07, 6.45) is 2.05. The van der Waals surface area contributed by atoms with Gasteiger partial charge in [0.15, 0.2) is 5.96 Å². The number of hydrogen-bond donors (Lipinski definition) is 1. The number of ether oxygens (including phenoxy) is 1. The lowest BCUT2D eigenvalue weighted by Crippen LogP contribution is -2.51. The van der Waals surface area contributed by atoms with Crippen LogP contribution in [0, 0.1) is 0 Å². The number of hydrogen-bond acceptors (Lipinski definition) is 3. The van der Waals surface area contributed by atoms with E-state index < -0.39 is 0 Å². The fraction of sp³-hybridized carbons (Fsp3) is 0.632.